The summed E-state index contributed by atoms with van der Waals surface area (Å²) >= 11 is 0. The Kier molecular flexibility index (Phi) is 4.41. The Hall–Kier alpha value is -2.75. The molecule has 26 heavy (non-hydrogen) atoms. The Labute approximate surface area is 153 Å². The van der Waals surface area contributed by atoms with Gasteiger partial charge in [-0.2, -0.15) is 0 Å². The number of likely N-dealkylation sites (tertiary alicyclic amines) is 1. The van der Waals surface area contributed by atoms with Crippen molar-refractivity contribution >= 4 is 22.6 Å². The summed E-state index contributed by atoms with van der Waals surface area (Å²) in [6, 6.07) is 14.7. The fraction of sp³-hybridized carbons (Fsp3) is 0.318. The second-order valence-corrected chi connectivity index (χ2v) is 7.21. The summed E-state index contributed by atoms with van der Waals surface area (Å²) in [6.07, 6.45) is 3.11. The minimum Gasteiger partial charge on any atom is -0.464 e. The van der Waals surface area contributed by atoms with Crippen LogP contribution in [0.3, 0.4) is 0 Å². The van der Waals surface area contributed by atoms with Crippen molar-refractivity contribution in [1.29, 1.82) is 0 Å². The van der Waals surface area contributed by atoms with Crippen LogP contribution in [0.5, 0.6) is 0 Å². The number of hydrogen-bond donors (Lipinski definition) is 1. The van der Waals surface area contributed by atoms with Crippen LogP contribution >= 0.6 is 0 Å². The smallest absolute Gasteiger partial charge is 0.227 e. The third-order valence-corrected chi connectivity index (χ3v) is 5.30. The highest BCUT2D eigenvalue weighted by atomic mass is 16.3. The van der Waals surface area contributed by atoms with E-state index in [0.29, 0.717) is 12.5 Å². The number of nitrogens with one attached hydrogen (secondary N) is 1. The Bertz CT molecular complexity index is 930. The maximum atomic E-state index is 12.8. The SMILES string of the molecule is Cc1cc2occ(CC(=O)N3CCC(Nc4ccccc4)C3)c2cc1C. The van der Waals surface area contributed by atoms with Gasteiger partial charge in [0.1, 0.15) is 5.58 Å². The van der Waals surface area contributed by atoms with Crippen LogP contribution in [-0.2, 0) is 11.2 Å². The first-order chi connectivity index (χ1) is 12.6. The number of aryl methyl sites for hydroxylation is 2. The molecule has 0 aliphatic carbocycles. The normalized spacial score (nSPS) is 17.0. The van der Waals surface area contributed by atoms with Crippen LogP contribution in [0.4, 0.5) is 5.69 Å². The second-order valence-electron chi connectivity index (χ2n) is 7.21. The molecule has 4 nitrogen and oxygen atoms in total. The molecule has 4 rings (SSSR count). The highest BCUT2D eigenvalue weighted by molar-refractivity contribution is 5.88. The number of fused-ring (bicyclic) bond motifs is 1. The van der Waals surface area contributed by atoms with Crippen LogP contribution in [0.1, 0.15) is 23.1 Å². The summed E-state index contributed by atoms with van der Waals surface area (Å²) in [5.41, 5.74) is 5.38. The number of benzene rings is 2. The Morgan fingerprint density at radius 2 is 1.96 bits per heavy atom. The van der Waals surface area contributed by atoms with E-state index >= 15 is 0 Å². The molecule has 1 fully saturated rings. The molecular formula is C22H24N2O2. The van der Waals surface area contributed by atoms with Crippen LogP contribution in [0.2, 0.25) is 0 Å². The number of rotatable bonds is 4. The zero-order valence-electron chi connectivity index (χ0n) is 15.3. The van der Waals surface area contributed by atoms with Crippen LogP contribution < -0.4 is 5.32 Å². The highest BCUT2D eigenvalue weighted by Gasteiger charge is 2.26. The van der Waals surface area contributed by atoms with Gasteiger partial charge in [0.25, 0.3) is 0 Å². The maximum Gasteiger partial charge on any atom is 0.227 e. The molecule has 4 heteroatoms. The maximum absolute atomic E-state index is 12.8. The first kappa shape index (κ1) is 16.7. The van der Waals surface area contributed by atoms with Crippen LogP contribution in [0.25, 0.3) is 11.0 Å². The molecule has 2 aromatic carbocycles. The van der Waals surface area contributed by atoms with Crippen molar-refractivity contribution in [2.45, 2.75) is 32.7 Å². The molecule has 3 aromatic rings. The summed E-state index contributed by atoms with van der Waals surface area (Å²) in [7, 11) is 0. The summed E-state index contributed by atoms with van der Waals surface area (Å²) in [5.74, 6) is 0.170. The number of para-hydroxylation sites is 1. The van der Waals surface area contributed by atoms with Crippen molar-refractivity contribution in [2.75, 3.05) is 18.4 Å². The molecule has 1 saturated heterocycles. The van der Waals surface area contributed by atoms with E-state index in [4.69, 9.17) is 4.42 Å². The van der Waals surface area contributed by atoms with Crippen molar-refractivity contribution < 1.29 is 9.21 Å². The number of hydrogen-bond acceptors (Lipinski definition) is 3. The van der Waals surface area contributed by atoms with Gasteiger partial charge in [-0.05, 0) is 55.7 Å². The largest absolute Gasteiger partial charge is 0.464 e. The van der Waals surface area contributed by atoms with E-state index in [2.05, 4.69) is 37.4 Å². The number of amides is 1. The molecule has 1 N–H and O–H groups in total. The lowest BCUT2D eigenvalue weighted by atomic mass is 10.0. The summed E-state index contributed by atoms with van der Waals surface area (Å²) in [5, 5.41) is 4.57. The molecule has 0 saturated carbocycles. The molecule has 1 unspecified atom stereocenters. The van der Waals surface area contributed by atoms with Crippen molar-refractivity contribution in [3.63, 3.8) is 0 Å². The minimum atomic E-state index is 0.170. The molecular weight excluding hydrogens is 324 g/mol. The summed E-state index contributed by atoms with van der Waals surface area (Å²) in [4.78, 5) is 14.7. The van der Waals surface area contributed by atoms with Gasteiger partial charge in [0.05, 0.1) is 12.7 Å². The van der Waals surface area contributed by atoms with E-state index in [1.54, 1.807) is 6.26 Å². The highest BCUT2D eigenvalue weighted by Crippen LogP contribution is 2.26. The minimum absolute atomic E-state index is 0.170. The molecule has 1 aliphatic heterocycles. The Morgan fingerprint density at radius 1 is 1.19 bits per heavy atom. The standard InChI is InChI=1S/C22H24N2O2/c1-15-10-20-17(14-26-21(20)11-16(15)2)12-22(25)24-9-8-19(13-24)23-18-6-4-3-5-7-18/h3-7,10-11,14,19,23H,8-9,12-13H2,1-2H3. The number of nitrogens with zero attached hydrogens (tertiary/aromatic N) is 1. The molecule has 0 spiro atoms. The predicted molar refractivity (Wildman–Crippen MR) is 104 cm³/mol. The van der Waals surface area contributed by atoms with Gasteiger partial charge in [-0.3, -0.25) is 4.79 Å². The number of anilines is 1. The van der Waals surface area contributed by atoms with Crippen molar-refractivity contribution in [3.8, 4) is 0 Å². The van der Waals surface area contributed by atoms with Gasteiger partial charge in [-0.1, -0.05) is 18.2 Å². The van der Waals surface area contributed by atoms with Crippen LogP contribution in [-0.4, -0.2) is 29.9 Å². The van der Waals surface area contributed by atoms with Crippen LogP contribution in [0.15, 0.2) is 53.1 Å². The quantitative estimate of drug-likeness (QED) is 0.764. The molecule has 0 bridgehead atoms. The average molecular weight is 348 g/mol. The topological polar surface area (TPSA) is 45.5 Å². The Morgan fingerprint density at radius 3 is 2.77 bits per heavy atom. The fourth-order valence-electron chi connectivity index (χ4n) is 3.62. The lowest BCUT2D eigenvalue weighted by molar-refractivity contribution is -0.129. The molecule has 0 radical (unpaired) electrons. The Balaban J connectivity index is 1.42. The van der Waals surface area contributed by atoms with Crippen molar-refractivity contribution in [1.82, 2.24) is 4.90 Å². The number of furan rings is 1. The van der Waals surface area contributed by atoms with E-state index in [0.717, 1.165) is 41.7 Å². The van der Waals surface area contributed by atoms with Gasteiger partial charge in [0, 0.05) is 35.8 Å². The monoisotopic (exact) mass is 348 g/mol. The third kappa shape index (κ3) is 3.32. The van der Waals surface area contributed by atoms with E-state index in [-0.39, 0.29) is 5.91 Å². The van der Waals surface area contributed by atoms with E-state index in [1.165, 1.54) is 11.1 Å². The molecule has 1 aromatic heterocycles. The third-order valence-electron chi connectivity index (χ3n) is 5.30. The molecule has 1 atom stereocenters. The van der Waals surface area contributed by atoms with Gasteiger partial charge in [-0.25, -0.2) is 0 Å². The molecule has 1 aliphatic rings. The van der Waals surface area contributed by atoms with Crippen molar-refractivity contribution in [3.05, 3.63) is 65.4 Å². The van der Waals surface area contributed by atoms with E-state index < -0.39 is 0 Å². The average Bonchev–Trinajstić information content (AvgIpc) is 3.24. The molecule has 2 heterocycles. The predicted octanol–water partition coefficient (Wildman–Crippen LogP) is 4.31. The van der Waals surface area contributed by atoms with E-state index in [1.807, 2.05) is 29.2 Å². The first-order valence-corrected chi connectivity index (χ1v) is 9.17. The van der Waals surface area contributed by atoms with Gasteiger partial charge in [0.15, 0.2) is 0 Å². The van der Waals surface area contributed by atoms with Gasteiger partial charge < -0.3 is 14.6 Å². The zero-order valence-corrected chi connectivity index (χ0v) is 15.3. The van der Waals surface area contributed by atoms with Crippen molar-refractivity contribution in [2.24, 2.45) is 0 Å². The van der Waals surface area contributed by atoms with Gasteiger partial charge in [-0.15, -0.1) is 0 Å². The van der Waals surface area contributed by atoms with E-state index in [9.17, 15) is 4.79 Å². The summed E-state index contributed by atoms with van der Waals surface area (Å²) < 4.78 is 5.67. The number of carbonyl (C=O) groups is 1. The molecule has 134 valence electrons. The lowest BCUT2D eigenvalue weighted by Gasteiger charge is -2.17. The second kappa shape index (κ2) is 6.87. The van der Waals surface area contributed by atoms with Crippen LogP contribution in [0, 0.1) is 13.8 Å². The zero-order chi connectivity index (χ0) is 18.1. The lowest BCUT2D eigenvalue weighted by Crippen LogP contribution is -2.32. The van der Waals surface area contributed by atoms with Gasteiger partial charge >= 0.3 is 0 Å². The first-order valence-electron chi connectivity index (χ1n) is 9.17. The summed E-state index contributed by atoms with van der Waals surface area (Å²) in [6.45, 7) is 5.72. The number of carbonyl (C=O) groups excluding carboxylic acids is 1. The van der Waals surface area contributed by atoms with Gasteiger partial charge in [0.2, 0.25) is 5.91 Å². The fourth-order valence-corrected chi connectivity index (χ4v) is 3.62. The molecule has 1 amide bonds.